The fraction of sp³-hybridized carbons (Fsp3) is 0.538. The molecule has 0 bridgehead atoms. The molecule has 1 aliphatic heterocycles. The van der Waals surface area contributed by atoms with Gasteiger partial charge in [0.05, 0.1) is 12.1 Å². The van der Waals surface area contributed by atoms with E-state index in [4.69, 9.17) is 16.3 Å². The van der Waals surface area contributed by atoms with Crippen LogP contribution in [-0.4, -0.2) is 29.6 Å². The Bertz CT molecular complexity index is 424. The van der Waals surface area contributed by atoms with Crippen LogP contribution in [0.4, 0.5) is 0 Å². The van der Waals surface area contributed by atoms with Crippen LogP contribution in [0.3, 0.4) is 0 Å². The summed E-state index contributed by atoms with van der Waals surface area (Å²) in [7, 11) is 0. The van der Waals surface area contributed by atoms with E-state index in [0.29, 0.717) is 10.7 Å². The summed E-state index contributed by atoms with van der Waals surface area (Å²) in [5, 5.41) is 3.28. The van der Waals surface area contributed by atoms with E-state index in [2.05, 4.69) is 10.3 Å². The fourth-order valence-electron chi connectivity index (χ4n) is 2.14. The average Bonchev–Trinajstić information content (AvgIpc) is 2.80. The van der Waals surface area contributed by atoms with Crippen molar-refractivity contribution >= 4 is 17.5 Å². The first kappa shape index (κ1) is 13.3. The third-order valence-corrected chi connectivity index (χ3v) is 3.26. The van der Waals surface area contributed by atoms with Gasteiger partial charge in [-0.3, -0.25) is 4.79 Å². The predicted octanol–water partition coefficient (Wildman–Crippen LogP) is 2.34. The van der Waals surface area contributed by atoms with Gasteiger partial charge in [-0.25, -0.2) is 4.98 Å². The van der Waals surface area contributed by atoms with Gasteiger partial charge < -0.3 is 10.1 Å². The van der Waals surface area contributed by atoms with Gasteiger partial charge in [-0.05, 0) is 38.8 Å². The molecule has 0 aromatic carbocycles. The number of aromatic nitrogens is 1. The van der Waals surface area contributed by atoms with Crippen LogP contribution >= 0.6 is 11.6 Å². The molecule has 2 atom stereocenters. The van der Waals surface area contributed by atoms with Crippen molar-refractivity contribution < 1.29 is 9.53 Å². The third kappa shape index (κ3) is 3.21. The lowest BCUT2D eigenvalue weighted by Gasteiger charge is -2.20. The summed E-state index contributed by atoms with van der Waals surface area (Å²) in [5.74, 6) is -0.134. The summed E-state index contributed by atoms with van der Waals surface area (Å²) in [6.07, 6.45) is 2.18. The number of hydrogen-bond donors (Lipinski definition) is 1. The Morgan fingerprint density at radius 1 is 1.61 bits per heavy atom. The zero-order chi connectivity index (χ0) is 13.1. The minimum atomic E-state index is -0.134. The number of nitrogens with zero attached hydrogens (tertiary/aromatic N) is 1. The maximum absolute atomic E-state index is 12.1. The average molecular weight is 269 g/mol. The first-order chi connectivity index (χ1) is 8.56. The van der Waals surface area contributed by atoms with Crippen LogP contribution in [-0.2, 0) is 4.74 Å². The first-order valence-electron chi connectivity index (χ1n) is 6.13. The molecule has 4 nitrogen and oxygen atoms in total. The van der Waals surface area contributed by atoms with Gasteiger partial charge in [0.1, 0.15) is 5.15 Å². The number of halogens is 1. The van der Waals surface area contributed by atoms with Crippen LogP contribution in [0.5, 0.6) is 0 Å². The molecule has 1 saturated heterocycles. The predicted molar refractivity (Wildman–Crippen MR) is 69.9 cm³/mol. The third-order valence-electron chi connectivity index (χ3n) is 3.07. The van der Waals surface area contributed by atoms with E-state index in [1.807, 2.05) is 13.8 Å². The van der Waals surface area contributed by atoms with E-state index in [9.17, 15) is 4.79 Å². The highest BCUT2D eigenvalue weighted by Crippen LogP contribution is 2.16. The SMILES string of the molecule is Cc1cc(C(=O)NC(C)C2CCCO2)cc(Cl)n1. The molecule has 18 heavy (non-hydrogen) atoms. The Morgan fingerprint density at radius 2 is 2.39 bits per heavy atom. The molecule has 2 rings (SSSR count). The zero-order valence-corrected chi connectivity index (χ0v) is 11.3. The Hall–Kier alpha value is -1.13. The molecule has 1 fully saturated rings. The van der Waals surface area contributed by atoms with Crippen LogP contribution in [0.2, 0.25) is 5.15 Å². The van der Waals surface area contributed by atoms with Crippen molar-refractivity contribution in [2.45, 2.75) is 38.8 Å². The topological polar surface area (TPSA) is 51.2 Å². The summed E-state index contributed by atoms with van der Waals surface area (Å²) in [4.78, 5) is 16.1. The number of aryl methyl sites for hydroxylation is 1. The summed E-state index contributed by atoms with van der Waals surface area (Å²) < 4.78 is 5.55. The number of carbonyl (C=O) groups excluding carboxylic acids is 1. The highest BCUT2D eigenvalue weighted by atomic mass is 35.5. The molecule has 0 saturated carbocycles. The number of amides is 1. The van der Waals surface area contributed by atoms with Gasteiger partial charge in [0.2, 0.25) is 0 Å². The lowest BCUT2D eigenvalue weighted by atomic mass is 10.1. The smallest absolute Gasteiger partial charge is 0.251 e. The maximum atomic E-state index is 12.1. The van der Waals surface area contributed by atoms with Crippen LogP contribution in [0.25, 0.3) is 0 Å². The molecule has 5 heteroatoms. The van der Waals surface area contributed by atoms with Crippen LogP contribution in [0.1, 0.15) is 35.8 Å². The minimum Gasteiger partial charge on any atom is -0.376 e. The second-order valence-corrected chi connectivity index (χ2v) is 5.02. The molecular formula is C13H17ClN2O2. The second kappa shape index (κ2) is 5.67. The molecular weight excluding hydrogens is 252 g/mol. The molecule has 98 valence electrons. The van der Waals surface area contributed by atoms with E-state index >= 15 is 0 Å². The van der Waals surface area contributed by atoms with Gasteiger partial charge in [-0.2, -0.15) is 0 Å². The van der Waals surface area contributed by atoms with Crippen molar-refractivity contribution in [3.05, 3.63) is 28.5 Å². The molecule has 0 radical (unpaired) electrons. The number of carbonyl (C=O) groups is 1. The van der Waals surface area contributed by atoms with Gasteiger partial charge in [-0.1, -0.05) is 11.6 Å². The Morgan fingerprint density at radius 3 is 3.00 bits per heavy atom. The summed E-state index contributed by atoms with van der Waals surface area (Å²) >= 11 is 5.84. The molecule has 2 unspecified atom stereocenters. The van der Waals surface area contributed by atoms with Gasteiger partial charge in [0, 0.05) is 17.9 Å². The summed E-state index contributed by atoms with van der Waals surface area (Å²) in [5.41, 5.74) is 1.27. The number of nitrogens with one attached hydrogen (secondary N) is 1. The molecule has 0 spiro atoms. The number of pyridine rings is 1. The molecule has 1 N–H and O–H groups in total. The minimum absolute atomic E-state index is 0.00671. The van der Waals surface area contributed by atoms with Gasteiger partial charge in [-0.15, -0.1) is 0 Å². The molecule has 1 amide bonds. The number of ether oxygens (including phenoxy) is 1. The van der Waals surface area contributed by atoms with Crippen molar-refractivity contribution in [1.82, 2.24) is 10.3 Å². The largest absolute Gasteiger partial charge is 0.376 e. The quantitative estimate of drug-likeness (QED) is 0.856. The van der Waals surface area contributed by atoms with Gasteiger partial charge >= 0.3 is 0 Å². The van der Waals surface area contributed by atoms with E-state index in [0.717, 1.165) is 25.1 Å². The van der Waals surface area contributed by atoms with E-state index in [-0.39, 0.29) is 18.1 Å². The first-order valence-corrected chi connectivity index (χ1v) is 6.50. The lowest BCUT2D eigenvalue weighted by Crippen LogP contribution is -2.40. The van der Waals surface area contributed by atoms with E-state index < -0.39 is 0 Å². The second-order valence-electron chi connectivity index (χ2n) is 4.63. The molecule has 0 aliphatic carbocycles. The van der Waals surface area contributed by atoms with Crippen LogP contribution in [0, 0.1) is 6.92 Å². The number of rotatable bonds is 3. The Labute approximate surface area is 112 Å². The zero-order valence-electron chi connectivity index (χ0n) is 10.6. The van der Waals surface area contributed by atoms with Crippen molar-refractivity contribution in [2.75, 3.05) is 6.61 Å². The van der Waals surface area contributed by atoms with Gasteiger partial charge in [0.15, 0.2) is 0 Å². The highest BCUT2D eigenvalue weighted by Gasteiger charge is 2.24. The molecule has 2 heterocycles. The summed E-state index contributed by atoms with van der Waals surface area (Å²) in [6.45, 7) is 4.56. The van der Waals surface area contributed by atoms with E-state index in [1.165, 1.54) is 0 Å². The standard InChI is InChI=1S/C13H17ClN2O2/c1-8-6-10(7-12(14)15-8)13(17)16-9(2)11-4-3-5-18-11/h6-7,9,11H,3-5H2,1-2H3,(H,16,17). The fourth-order valence-corrected chi connectivity index (χ4v) is 2.39. The molecule has 1 aliphatic rings. The van der Waals surface area contributed by atoms with E-state index in [1.54, 1.807) is 12.1 Å². The summed E-state index contributed by atoms with van der Waals surface area (Å²) in [6, 6.07) is 3.31. The lowest BCUT2D eigenvalue weighted by molar-refractivity contribution is 0.0712. The maximum Gasteiger partial charge on any atom is 0.251 e. The van der Waals surface area contributed by atoms with Crippen molar-refractivity contribution in [3.63, 3.8) is 0 Å². The van der Waals surface area contributed by atoms with Crippen molar-refractivity contribution in [1.29, 1.82) is 0 Å². The Kier molecular flexibility index (Phi) is 4.19. The van der Waals surface area contributed by atoms with Crippen LogP contribution in [0.15, 0.2) is 12.1 Å². The molecule has 1 aromatic heterocycles. The highest BCUT2D eigenvalue weighted by molar-refractivity contribution is 6.29. The monoisotopic (exact) mass is 268 g/mol. The Balaban J connectivity index is 2.02. The van der Waals surface area contributed by atoms with Crippen LogP contribution < -0.4 is 5.32 Å². The normalized spacial score (nSPS) is 20.7. The number of hydrogen-bond acceptors (Lipinski definition) is 3. The van der Waals surface area contributed by atoms with Crippen molar-refractivity contribution in [3.8, 4) is 0 Å². The van der Waals surface area contributed by atoms with Crippen molar-refractivity contribution in [2.24, 2.45) is 0 Å². The molecule has 1 aromatic rings. The van der Waals surface area contributed by atoms with Gasteiger partial charge in [0.25, 0.3) is 5.91 Å².